The number of nitrogens with zero attached hydrogens (tertiary/aromatic N) is 5. The zero-order chi connectivity index (χ0) is 24.8. The molecule has 8 nitrogen and oxygen atoms in total. The first-order valence-corrected chi connectivity index (χ1v) is 11.5. The molecule has 1 spiro atoms. The number of ether oxygens (including phenoxy) is 1. The average molecular weight is 486 g/mol. The number of pyridine rings is 2. The number of halogens is 3. The standard InChI is InChI=1S/C24H22F3N5O3.H/c25-24(26,27)18-11-16(14-29-19(18)12-28)31-21(33)23(9-4-10-23)32(22(31)34)15-7-8-20(30-13-15)35-17-5-2-1-3-6-17;/h7-8,11,13-14,17H,1-6,9-10H2;/q;-1. The summed E-state index contributed by atoms with van der Waals surface area (Å²) in [4.78, 5) is 36.7. The van der Waals surface area contributed by atoms with Crippen molar-refractivity contribution in [1.82, 2.24) is 9.97 Å². The van der Waals surface area contributed by atoms with Gasteiger partial charge in [-0.05, 0) is 57.1 Å². The molecule has 0 radical (unpaired) electrons. The summed E-state index contributed by atoms with van der Waals surface area (Å²) in [5.41, 5.74) is -3.28. The number of carbonyl (C=O) groups is 2. The molecule has 35 heavy (non-hydrogen) atoms. The van der Waals surface area contributed by atoms with E-state index in [1.807, 2.05) is 0 Å². The minimum atomic E-state index is -4.87. The minimum Gasteiger partial charge on any atom is -1.00 e. The quantitative estimate of drug-likeness (QED) is 0.559. The van der Waals surface area contributed by atoms with E-state index in [-0.39, 0.29) is 13.2 Å². The minimum absolute atomic E-state index is 0. The average Bonchev–Trinajstić information content (AvgIpc) is 3.06. The number of amides is 3. The number of rotatable bonds is 4. The summed E-state index contributed by atoms with van der Waals surface area (Å²) in [7, 11) is 0. The first kappa shape index (κ1) is 23.1. The molecule has 1 aliphatic heterocycles. The van der Waals surface area contributed by atoms with Crippen molar-refractivity contribution in [2.45, 2.75) is 69.2 Å². The predicted molar refractivity (Wildman–Crippen MR) is 119 cm³/mol. The molecule has 3 aliphatic rings. The SMILES string of the molecule is N#Cc1ncc(N2C(=O)N(c3ccc(OC4CCCCC4)nc3)C3(CCC3)C2=O)cc1C(F)(F)F.[H-]. The summed E-state index contributed by atoms with van der Waals surface area (Å²) in [6, 6.07) is 4.52. The number of hydrogen-bond donors (Lipinski definition) is 0. The zero-order valence-electron chi connectivity index (χ0n) is 19.7. The summed E-state index contributed by atoms with van der Waals surface area (Å²) in [6.45, 7) is 0. The lowest BCUT2D eigenvalue weighted by Crippen LogP contribution is -2.55. The van der Waals surface area contributed by atoms with Crippen molar-refractivity contribution < 1.29 is 28.9 Å². The molecule has 5 rings (SSSR count). The van der Waals surface area contributed by atoms with E-state index in [9.17, 15) is 22.8 Å². The fraction of sp³-hybridized carbons (Fsp3) is 0.458. The van der Waals surface area contributed by atoms with Crippen LogP contribution in [-0.2, 0) is 11.0 Å². The number of nitriles is 1. The van der Waals surface area contributed by atoms with Crippen LogP contribution in [0.15, 0.2) is 30.6 Å². The first-order valence-electron chi connectivity index (χ1n) is 11.5. The van der Waals surface area contributed by atoms with Crippen LogP contribution >= 0.6 is 0 Å². The lowest BCUT2D eigenvalue weighted by molar-refractivity contribution is -0.138. The van der Waals surface area contributed by atoms with Crippen molar-refractivity contribution in [3.8, 4) is 11.9 Å². The molecule has 2 aliphatic carbocycles. The number of hydrogen-bond acceptors (Lipinski definition) is 6. The molecular formula is C24H23F3N5O3-. The van der Waals surface area contributed by atoms with Gasteiger partial charge >= 0.3 is 12.2 Å². The molecule has 184 valence electrons. The predicted octanol–water partition coefficient (Wildman–Crippen LogP) is 5.09. The third kappa shape index (κ3) is 3.87. The zero-order valence-corrected chi connectivity index (χ0v) is 18.7. The molecule has 0 bridgehead atoms. The number of anilines is 2. The molecule has 0 aromatic carbocycles. The van der Waals surface area contributed by atoms with Gasteiger partial charge in [0, 0.05) is 6.07 Å². The van der Waals surface area contributed by atoms with E-state index in [4.69, 9.17) is 10.00 Å². The summed E-state index contributed by atoms with van der Waals surface area (Å²) in [5.74, 6) is -0.194. The lowest BCUT2D eigenvalue weighted by atomic mass is 9.75. The third-order valence-corrected chi connectivity index (χ3v) is 6.95. The Bertz CT molecular complexity index is 1200. The van der Waals surface area contributed by atoms with Gasteiger partial charge in [0.15, 0.2) is 5.69 Å². The molecule has 3 fully saturated rings. The second-order valence-electron chi connectivity index (χ2n) is 9.08. The van der Waals surface area contributed by atoms with Crippen LogP contribution in [0.4, 0.5) is 29.3 Å². The van der Waals surface area contributed by atoms with Gasteiger partial charge in [-0.25, -0.2) is 19.7 Å². The Morgan fingerprint density at radius 2 is 1.77 bits per heavy atom. The van der Waals surface area contributed by atoms with Gasteiger partial charge < -0.3 is 6.16 Å². The van der Waals surface area contributed by atoms with E-state index < -0.39 is 34.9 Å². The molecule has 11 heteroatoms. The van der Waals surface area contributed by atoms with Crippen LogP contribution in [0.3, 0.4) is 0 Å². The maximum Gasteiger partial charge on any atom is 0.419 e. The maximum absolute atomic E-state index is 13.5. The number of alkyl halides is 3. The van der Waals surface area contributed by atoms with Gasteiger partial charge in [-0.15, -0.1) is 0 Å². The second-order valence-corrected chi connectivity index (χ2v) is 9.08. The van der Waals surface area contributed by atoms with E-state index in [0.29, 0.717) is 36.9 Å². The summed E-state index contributed by atoms with van der Waals surface area (Å²) in [6.07, 6.45) is 4.38. The van der Waals surface area contributed by atoms with Crippen LogP contribution in [0.5, 0.6) is 5.88 Å². The van der Waals surface area contributed by atoms with E-state index in [2.05, 4.69) is 9.97 Å². The molecule has 2 saturated carbocycles. The molecular weight excluding hydrogens is 463 g/mol. The molecule has 0 N–H and O–H groups in total. The van der Waals surface area contributed by atoms with Gasteiger partial charge in [-0.2, -0.15) is 18.4 Å². The van der Waals surface area contributed by atoms with E-state index in [1.165, 1.54) is 23.6 Å². The fourth-order valence-corrected chi connectivity index (χ4v) is 5.02. The van der Waals surface area contributed by atoms with Crippen LogP contribution in [0.2, 0.25) is 0 Å². The molecule has 2 aromatic rings. The second kappa shape index (κ2) is 8.52. The Labute approximate surface area is 200 Å². The van der Waals surface area contributed by atoms with Crippen molar-refractivity contribution in [2.24, 2.45) is 0 Å². The summed E-state index contributed by atoms with van der Waals surface area (Å²) >= 11 is 0. The molecule has 1 saturated heterocycles. The van der Waals surface area contributed by atoms with Crippen molar-refractivity contribution in [3.05, 3.63) is 41.9 Å². The van der Waals surface area contributed by atoms with E-state index in [1.54, 1.807) is 12.1 Å². The van der Waals surface area contributed by atoms with Crippen molar-refractivity contribution in [3.63, 3.8) is 0 Å². The van der Waals surface area contributed by atoms with Gasteiger partial charge in [-0.3, -0.25) is 9.69 Å². The maximum atomic E-state index is 13.5. The fourth-order valence-electron chi connectivity index (χ4n) is 5.02. The Balaban J connectivity index is 0.00000304. The van der Waals surface area contributed by atoms with Gasteiger partial charge in [-0.1, -0.05) is 6.42 Å². The molecule has 3 amide bonds. The highest BCUT2D eigenvalue weighted by atomic mass is 19.4. The third-order valence-electron chi connectivity index (χ3n) is 6.95. The molecule has 0 unspecified atom stereocenters. The van der Waals surface area contributed by atoms with Crippen LogP contribution in [0.25, 0.3) is 0 Å². The van der Waals surface area contributed by atoms with Gasteiger partial charge in [0.25, 0.3) is 5.91 Å². The lowest BCUT2D eigenvalue weighted by Gasteiger charge is -2.41. The Kier molecular flexibility index (Phi) is 5.62. The first-order chi connectivity index (χ1) is 16.7. The highest BCUT2D eigenvalue weighted by Crippen LogP contribution is 2.48. The molecule has 3 heterocycles. The van der Waals surface area contributed by atoms with Crippen molar-refractivity contribution in [1.29, 1.82) is 5.26 Å². The van der Waals surface area contributed by atoms with Crippen LogP contribution in [0.1, 0.15) is 64.1 Å². The van der Waals surface area contributed by atoms with Crippen LogP contribution in [0, 0.1) is 11.3 Å². The monoisotopic (exact) mass is 486 g/mol. The summed E-state index contributed by atoms with van der Waals surface area (Å²) in [5, 5.41) is 9.00. The van der Waals surface area contributed by atoms with Crippen LogP contribution in [-0.4, -0.2) is 33.5 Å². The number of urea groups is 1. The topological polar surface area (TPSA) is 99.4 Å². The normalized spacial score (nSPS) is 20.2. The van der Waals surface area contributed by atoms with Gasteiger partial charge in [0.1, 0.15) is 17.7 Å². The van der Waals surface area contributed by atoms with Gasteiger partial charge in [0.2, 0.25) is 5.88 Å². The molecule has 0 atom stereocenters. The van der Waals surface area contributed by atoms with Gasteiger partial charge in [0.05, 0.1) is 29.3 Å². The Morgan fingerprint density at radius 3 is 2.34 bits per heavy atom. The number of carbonyl (C=O) groups excluding carboxylic acids is 2. The van der Waals surface area contributed by atoms with Crippen LogP contribution < -0.4 is 14.5 Å². The highest BCUT2D eigenvalue weighted by Gasteiger charge is 2.61. The van der Waals surface area contributed by atoms with Crippen molar-refractivity contribution in [2.75, 3.05) is 9.80 Å². The smallest absolute Gasteiger partial charge is 0.419 e. The Morgan fingerprint density at radius 1 is 1.06 bits per heavy atom. The highest BCUT2D eigenvalue weighted by molar-refractivity contribution is 6.30. The largest absolute Gasteiger partial charge is 1.00 e. The Hall–Kier alpha value is -3.68. The van der Waals surface area contributed by atoms with Crippen molar-refractivity contribution >= 4 is 23.3 Å². The summed E-state index contributed by atoms with van der Waals surface area (Å²) < 4.78 is 46.3. The van der Waals surface area contributed by atoms with E-state index >= 15 is 0 Å². The van der Waals surface area contributed by atoms with E-state index in [0.717, 1.165) is 36.8 Å². The molecule has 2 aromatic heterocycles. The number of imide groups is 1. The number of aromatic nitrogens is 2.